The molecule has 0 aliphatic carbocycles. The van der Waals surface area contributed by atoms with Crippen molar-refractivity contribution in [1.29, 1.82) is 0 Å². The first-order valence-electron chi connectivity index (χ1n) is 6.15. The minimum absolute atomic E-state index is 0.238. The van der Waals surface area contributed by atoms with Gasteiger partial charge in [0.15, 0.2) is 0 Å². The van der Waals surface area contributed by atoms with E-state index in [1.807, 2.05) is 18.7 Å². The first kappa shape index (κ1) is 13.8. The molecule has 0 aromatic heterocycles. The molecule has 17 heavy (non-hydrogen) atoms. The fourth-order valence-electron chi connectivity index (χ4n) is 1.89. The number of halogens is 1. The molecular weight excluding hydrogens is 219 g/mol. The van der Waals surface area contributed by atoms with Crippen LogP contribution >= 0.6 is 0 Å². The maximum Gasteiger partial charge on any atom is 0.148 e. The van der Waals surface area contributed by atoms with Crippen molar-refractivity contribution in [3.05, 3.63) is 24.0 Å². The largest absolute Gasteiger partial charge is 0.399 e. The van der Waals surface area contributed by atoms with Gasteiger partial charge < -0.3 is 15.7 Å². The molecule has 3 nitrogen and oxygen atoms in total. The first-order valence-corrected chi connectivity index (χ1v) is 6.15. The normalized spacial score (nSPS) is 16.4. The Morgan fingerprint density at radius 3 is 2.41 bits per heavy atom. The molecule has 1 saturated heterocycles. The first-order chi connectivity index (χ1) is 8.16. The van der Waals surface area contributed by atoms with E-state index in [9.17, 15) is 9.50 Å². The summed E-state index contributed by atoms with van der Waals surface area (Å²) in [7, 11) is 0. The Morgan fingerprint density at radius 2 is 1.88 bits per heavy atom. The summed E-state index contributed by atoms with van der Waals surface area (Å²) >= 11 is 0. The summed E-state index contributed by atoms with van der Waals surface area (Å²) in [6, 6.07) is 4.73. The van der Waals surface area contributed by atoms with E-state index < -0.39 is 0 Å². The van der Waals surface area contributed by atoms with E-state index in [-0.39, 0.29) is 11.9 Å². The van der Waals surface area contributed by atoms with Crippen molar-refractivity contribution in [3.8, 4) is 0 Å². The molecule has 1 aromatic rings. The summed E-state index contributed by atoms with van der Waals surface area (Å²) in [5, 5.41) is 9.35. The van der Waals surface area contributed by atoms with Crippen LogP contribution in [0.4, 0.5) is 15.8 Å². The lowest BCUT2D eigenvalue weighted by molar-refractivity contribution is 0.145. The molecule has 0 bridgehead atoms. The highest BCUT2D eigenvalue weighted by Crippen LogP contribution is 2.24. The number of benzene rings is 1. The number of anilines is 2. The van der Waals surface area contributed by atoms with Crippen LogP contribution in [0.3, 0.4) is 0 Å². The van der Waals surface area contributed by atoms with E-state index in [0.29, 0.717) is 37.3 Å². The van der Waals surface area contributed by atoms with Crippen LogP contribution in [-0.4, -0.2) is 24.3 Å². The number of piperidine rings is 1. The van der Waals surface area contributed by atoms with Gasteiger partial charge in [-0.15, -0.1) is 0 Å². The number of aliphatic hydroxyl groups is 1. The smallest absolute Gasteiger partial charge is 0.148 e. The third kappa shape index (κ3) is 3.60. The zero-order chi connectivity index (χ0) is 12.8. The highest BCUT2D eigenvalue weighted by Gasteiger charge is 2.19. The summed E-state index contributed by atoms with van der Waals surface area (Å²) < 4.78 is 13.5. The van der Waals surface area contributed by atoms with Gasteiger partial charge in [-0.2, -0.15) is 0 Å². The number of nitrogens with two attached hydrogens (primary N) is 1. The number of hydrogen-bond donors (Lipinski definition) is 2. The van der Waals surface area contributed by atoms with E-state index in [2.05, 4.69) is 0 Å². The lowest BCUT2D eigenvalue weighted by atomic mass is 10.1. The van der Waals surface area contributed by atoms with Gasteiger partial charge in [-0.25, -0.2) is 4.39 Å². The zero-order valence-electron chi connectivity index (χ0n) is 10.5. The maximum absolute atomic E-state index is 13.5. The minimum Gasteiger partial charge on any atom is -0.399 e. The van der Waals surface area contributed by atoms with Crippen LogP contribution in [0.5, 0.6) is 0 Å². The average Bonchev–Trinajstić information content (AvgIpc) is 2.33. The Bertz CT molecular complexity index is 349. The fourth-order valence-corrected chi connectivity index (χ4v) is 1.89. The summed E-state index contributed by atoms with van der Waals surface area (Å²) in [6.07, 6.45) is 1.16. The van der Waals surface area contributed by atoms with Crippen LogP contribution in [0, 0.1) is 5.82 Å². The van der Waals surface area contributed by atoms with E-state index in [0.717, 1.165) is 0 Å². The van der Waals surface area contributed by atoms with Crippen molar-refractivity contribution in [2.24, 2.45) is 0 Å². The molecule has 2 rings (SSSR count). The molecule has 4 heteroatoms. The number of aliphatic hydroxyl groups excluding tert-OH is 1. The highest BCUT2D eigenvalue weighted by atomic mass is 19.1. The lowest BCUT2D eigenvalue weighted by Gasteiger charge is -2.31. The quantitative estimate of drug-likeness (QED) is 0.741. The molecule has 3 N–H and O–H groups in total. The monoisotopic (exact) mass is 240 g/mol. The predicted molar refractivity (Wildman–Crippen MR) is 69.6 cm³/mol. The van der Waals surface area contributed by atoms with Crippen LogP contribution in [0.15, 0.2) is 18.2 Å². The second-order valence-corrected chi connectivity index (χ2v) is 3.93. The maximum atomic E-state index is 13.5. The second kappa shape index (κ2) is 6.45. The average molecular weight is 240 g/mol. The van der Waals surface area contributed by atoms with E-state index in [4.69, 9.17) is 5.73 Å². The predicted octanol–water partition coefficient (Wildman–Crippen LogP) is 2.40. The van der Waals surface area contributed by atoms with Gasteiger partial charge in [0.1, 0.15) is 5.82 Å². The van der Waals surface area contributed by atoms with Gasteiger partial charge in [-0.1, -0.05) is 13.8 Å². The van der Waals surface area contributed by atoms with Crippen molar-refractivity contribution in [3.63, 3.8) is 0 Å². The number of nitrogen functional groups attached to an aromatic ring is 1. The van der Waals surface area contributed by atoms with Gasteiger partial charge in [-0.3, -0.25) is 0 Å². The fraction of sp³-hybridized carbons (Fsp3) is 0.538. The van der Waals surface area contributed by atoms with Crippen molar-refractivity contribution >= 4 is 11.4 Å². The summed E-state index contributed by atoms with van der Waals surface area (Å²) in [5.41, 5.74) is 6.50. The van der Waals surface area contributed by atoms with E-state index in [1.54, 1.807) is 12.1 Å². The Labute approximate surface area is 102 Å². The summed E-state index contributed by atoms with van der Waals surface area (Å²) in [4.78, 5) is 1.95. The Kier molecular flexibility index (Phi) is 5.22. The summed E-state index contributed by atoms with van der Waals surface area (Å²) in [5.74, 6) is -0.286. The van der Waals surface area contributed by atoms with Gasteiger partial charge >= 0.3 is 0 Å². The molecule has 1 aliphatic heterocycles. The van der Waals surface area contributed by atoms with Crippen LogP contribution < -0.4 is 10.6 Å². The minimum atomic E-state index is -0.286. The zero-order valence-corrected chi connectivity index (χ0v) is 10.5. The molecule has 0 amide bonds. The van der Waals surface area contributed by atoms with Gasteiger partial charge in [0, 0.05) is 18.8 Å². The van der Waals surface area contributed by atoms with Crippen molar-refractivity contribution in [2.45, 2.75) is 32.8 Å². The lowest BCUT2D eigenvalue weighted by Crippen LogP contribution is -2.36. The molecule has 0 saturated carbocycles. The van der Waals surface area contributed by atoms with Gasteiger partial charge in [-0.05, 0) is 31.0 Å². The van der Waals surface area contributed by atoms with Crippen molar-refractivity contribution < 1.29 is 9.50 Å². The number of hydrogen-bond acceptors (Lipinski definition) is 3. The SMILES string of the molecule is CC.Nc1ccc(N2CCC(O)CC2)c(F)c1. The molecule has 96 valence electrons. The van der Waals surface area contributed by atoms with Crippen LogP contribution in [0.1, 0.15) is 26.7 Å². The molecule has 1 heterocycles. The van der Waals surface area contributed by atoms with Gasteiger partial charge in [0.2, 0.25) is 0 Å². The molecule has 0 atom stereocenters. The molecule has 1 aromatic carbocycles. The molecular formula is C13H21FN2O. The van der Waals surface area contributed by atoms with Gasteiger partial charge in [0.05, 0.1) is 11.8 Å². The Hall–Kier alpha value is -1.29. The molecule has 0 spiro atoms. The Balaban J connectivity index is 0.000000686. The summed E-state index contributed by atoms with van der Waals surface area (Å²) in [6.45, 7) is 5.39. The molecule has 1 aliphatic rings. The number of rotatable bonds is 1. The van der Waals surface area contributed by atoms with E-state index >= 15 is 0 Å². The van der Waals surface area contributed by atoms with E-state index in [1.165, 1.54) is 6.07 Å². The second-order valence-electron chi connectivity index (χ2n) is 3.93. The number of nitrogens with zero attached hydrogens (tertiary/aromatic N) is 1. The van der Waals surface area contributed by atoms with Crippen molar-refractivity contribution in [2.75, 3.05) is 23.7 Å². The highest BCUT2D eigenvalue weighted by molar-refractivity contribution is 5.54. The third-order valence-corrected chi connectivity index (χ3v) is 2.78. The van der Waals surface area contributed by atoms with Crippen LogP contribution in [-0.2, 0) is 0 Å². The van der Waals surface area contributed by atoms with Crippen LogP contribution in [0.2, 0.25) is 0 Å². The van der Waals surface area contributed by atoms with Gasteiger partial charge in [0.25, 0.3) is 0 Å². The third-order valence-electron chi connectivity index (χ3n) is 2.78. The Morgan fingerprint density at radius 1 is 1.29 bits per heavy atom. The topological polar surface area (TPSA) is 49.5 Å². The van der Waals surface area contributed by atoms with Crippen molar-refractivity contribution in [1.82, 2.24) is 0 Å². The molecule has 0 unspecified atom stereocenters. The molecule has 1 fully saturated rings. The standard InChI is InChI=1S/C11H15FN2O.C2H6/c12-10-7-8(13)1-2-11(10)14-5-3-9(15)4-6-14;1-2/h1-2,7,9,15H,3-6,13H2;1-2H3. The molecule has 0 radical (unpaired) electrons. The van der Waals surface area contributed by atoms with Crippen LogP contribution in [0.25, 0.3) is 0 Å².